The van der Waals surface area contributed by atoms with E-state index in [1.165, 1.54) is 19.3 Å². The smallest absolute Gasteiger partial charge is 0.238 e. The minimum atomic E-state index is -0.0295. The van der Waals surface area contributed by atoms with Crippen LogP contribution in [0.1, 0.15) is 59.3 Å². The molecular weight excluding hydrogens is 338 g/mol. The Hall–Kier alpha value is -1.88. The number of nitrogens with one attached hydrogen (secondary N) is 2. The van der Waals surface area contributed by atoms with E-state index >= 15 is 0 Å². The maximum atomic E-state index is 12.5. The van der Waals surface area contributed by atoms with E-state index in [-0.39, 0.29) is 17.2 Å². The van der Waals surface area contributed by atoms with Crippen molar-refractivity contribution < 1.29 is 9.59 Å². The van der Waals surface area contributed by atoms with Gasteiger partial charge in [0.1, 0.15) is 0 Å². The molecule has 2 amide bonds. The molecule has 148 valence electrons. The van der Waals surface area contributed by atoms with Gasteiger partial charge in [0.25, 0.3) is 0 Å². The zero-order valence-corrected chi connectivity index (χ0v) is 16.9. The Labute approximate surface area is 162 Å². The molecule has 27 heavy (non-hydrogen) atoms. The summed E-state index contributed by atoms with van der Waals surface area (Å²) in [6, 6.07) is 7.98. The Morgan fingerprint density at radius 1 is 1.19 bits per heavy atom. The van der Waals surface area contributed by atoms with Crippen LogP contribution in [-0.2, 0) is 9.59 Å². The second kappa shape index (κ2) is 8.42. The van der Waals surface area contributed by atoms with Crippen LogP contribution in [0.5, 0.6) is 0 Å². The standard InChI is InChI=1S/C22H33N3O2/c1-22(2,3)18-10-4-5-11-19(18)23-15-20(26)24-16-8-6-9-17(14-16)25-13-7-12-21(25)27/h6,8-9,14,18-19,23H,4-5,7,10-13,15H2,1-3H3,(H,24,26). The Morgan fingerprint density at radius 2 is 1.96 bits per heavy atom. The van der Waals surface area contributed by atoms with E-state index in [4.69, 9.17) is 0 Å². The Kier molecular flexibility index (Phi) is 6.20. The lowest BCUT2D eigenvalue weighted by atomic mass is 9.69. The highest BCUT2D eigenvalue weighted by atomic mass is 16.2. The fourth-order valence-corrected chi connectivity index (χ4v) is 4.51. The van der Waals surface area contributed by atoms with E-state index in [0.29, 0.717) is 24.9 Å². The summed E-state index contributed by atoms with van der Waals surface area (Å²) in [5.74, 6) is 0.729. The first-order chi connectivity index (χ1) is 12.8. The highest BCUT2D eigenvalue weighted by Gasteiger charge is 2.34. The summed E-state index contributed by atoms with van der Waals surface area (Å²) in [5.41, 5.74) is 1.86. The van der Waals surface area contributed by atoms with Crippen molar-refractivity contribution in [3.63, 3.8) is 0 Å². The molecule has 1 saturated heterocycles. The van der Waals surface area contributed by atoms with Gasteiger partial charge in [0, 0.05) is 30.4 Å². The van der Waals surface area contributed by atoms with Crippen molar-refractivity contribution in [2.24, 2.45) is 11.3 Å². The van der Waals surface area contributed by atoms with Crippen LogP contribution in [0.25, 0.3) is 0 Å². The minimum Gasteiger partial charge on any atom is -0.325 e. The fourth-order valence-electron chi connectivity index (χ4n) is 4.51. The van der Waals surface area contributed by atoms with Gasteiger partial charge in [-0.2, -0.15) is 0 Å². The number of amides is 2. The summed E-state index contributed by atoms with van der Waals surface area (Å²) < 4.78 is 0. The molecule has 0 spiro atoms. The lowest BCUT2D eigenvalue weighted by Crippen LogP contribution is -2.46. The molecular formula is C22H33N3O2. The number of anilines is 2. The number of carbonyl (C=O) groups excluding carboxylic acids is 2. The Bertz CT molecular complexity index is 680. The Morgan fingerprint density at radius 3 is 2.67 bits per heavy atom. The molecule has 2 atom stereocenters. The van der Waals surface area contributed by atoms with E-state index < -0.39 is 0 Å². The number of hydrogen-bond acceptors (Lipinski definition) is 3. The number of benzene rings is 1. The Balaban J connectivity index is 1.55. The topological polar surface area (TPSA) is 61.4 Å². The molecule has 1 aliphatic carbocycles. The van der Waals surface area contributed by atoms with Crippen molar-refractivity contribution in [1.29, 1.82) is 0 Å². The van der Waals surface area contributed by atoms with Crippen LogP contribution < -0.4 is 15.5 Å². The van der Waals surface area contributed by atoms with Gasteiger partial charge in [-0.25, -0.2) is 0 Å². The summed E-state index contributed by atoms with van der Waals surface area (Å²) in [5, 5.41) is 6.47. The molecule has 2 aliphatic rings. The third-order valence-electron chi connectivity index (χ3n) is 5.92. The van der Waals surface area contributed by atoms with Crippen LogP contribution in [-0.4, -0.2) is 30.9 Å². The van der Waals surface area contributed by atoms with Crippen LogP contribution in [0, 0.1) is 11.3 Å². The number of rotatable bonds is 5. The van der Waals surface area contributed by atoms with Crippen LogP contribution >= 0.6 is 0 Å². The maximum absolute atomic E-state index is 12.5. The molecule has 0 bridgehead atoms. The average Bonchev–Trinajstić information content (AvgIpc) is 3.06. The summed E-state index contributed by atoms with van der Waals surface area (Å²) in [7, 11) is 0. The van der Waals surface area contributed by atoms with Gasteiger partial charge in [0.05, 0.1) is 6.54 Å². The summed E-state index contributed by atoms with van der Waals surface area (Å²) in [6.45, 7) is 7.96. The molecule has 1 saturated carbocycles. The average molecular weight is 372 g/mol. The fraction of sp³-hybridized carbons (Fsp3) is 0.636. The van der Waals surface area contributed by atoms with E-state index in [1.807, 2.05) is 24.3 Å². The zero-order chi connectivity index (χ0) is 19.4. The van der Waals surface area contributed by atoms with Gasteiger partial charge in [0.15, 0.2) is 0 Å². The molecule has 1 heterocycles. The third kappa shape index (κ3) is 5.10. The maximum Gasteiger partial charge on any atom is 0.238 e. The van der Waals surface area contributed by atoms with Gasteiger partial charge >= 0.3 is 0 Å². The SMILES string of the molecule is CC(C)(C)C1CCCCC1NCC(=O)Nc1cccc(N2CCCC2=O)c1. The first-order valence-electron chi connectivity index (χ1n) is 10.3. The molecule has 0 radical (unpaired) electrons. The number of nitrogens with zero attached hydrogens (tertiary/aromatic N) is 1. The summed E-state index contributed by atoms with van der Waals surface area (Å²) in [6.07, 6.45) is 6.40. The summed E-state index contributed by atoms with van der Waals surface area (Å²) >= 11 is 0. The lowest BCUT2D eigenvalue weighted by molar-refractivity contribution is -0.117. The van der Waals surface area contributed by atoms with Gasteiger partial charge in [-0.05, 0) is 48.8 Å². The number of hydrogen-bond donors (Lipinski definition) is 2. The van der Waals surface area contributed by atoms with E-state index in [9.17, 15) is 9.59 Å². The molecule has 0 aromatic heterocycles. The second-order valence-electron chi connectivity index (χ2n) is 8.99. The highest BCUT2D eigenvalue weighted by Crippen LogP contribution is 2.37. The minimum absolute atomic E-state index is 0.0295. The quantitative estimate of drug-likeness (QED) is 0.824. The monoisotopic (exact) mass is 371 g/mol. The zero-order valence-electron chi connectivity index (χ0n) is 16.9. The molecule has 1 aromatic rings. The van der Waals surface area contributed by atoms with Gasteiger partial charge in [-0.3, -0.25) is 9.59 Å². The molecule has 5 heteroatoms. The van der Waals surface area contributed by atoms with Crippen molar-refractivity contribution in [3.8, 4) is 0 Å². The van der Waals surface area contributed by atoms with Crippen molar-refractivity contribution in [3.05, 3.63) is 24.3 Å². The van der Waals surface area contributed by atoms with Crippen molar-refractivity contribution >= 4 is 23.2 Å². The normalized spacial score (nSPS) is 23.5. The highest BCUT2D eigenvalue weighted by molar-refractivity contribution is 5.97. The largest absolute Gasteiger partial charge is 0.325 e. The molecule has 5 nitrogen and oxygen atoms in total. The van der Waals surface area contributed by atoms with E-state index in [0.717, 1.165) is 30.8 Å². The first-order valence-corrected chi connectivity index (χ1v) is 10.3. The van der Waals surface area contributed by atoms with Gasteiger partial charge < -0.3 is 15.5 Å². The van der Waals surface area contributed by atoms with Crippen LogP contribution in [0.3, 0.4) is 0 Å². The molecule has 2 N–H and O–H groups in total. The van der Waals surface area contributed by atoms with Gasteiger partial charge in [-0.1, -0.05) is 39.7 Å². The molecule has 1 aromatic carbocycles. The van der Waals surface area contributed by atoms with Gasteiger partial charge in [-0.15, -0.1) is 0 Å². The van der Waals surface area contributed by atoms with Crippen LogP contribution in [0.4, 0.5) is 11.4 Å². The van der Waals surface area contributed by atoms with Crippen LogP contribution in [0.2, 0.25) is 0 Å². The van der Waals surface area contributed by atoms with Crippen molar-refractivity contribution in [2.45, 2.75) is 65.3 Å². The summed E-state index contributed by atoms with van der Waals surface area (Å²) in [4.78, 5) is 26.2. The molecule has 2 unspecified atom stereocenters. The predicted octanol–water partition coefficient (Wildman–Crippen LogP) is 3.95. The predicted molar refractivity (Wildman–Crippen MR) is 110 cm³/mol. The third-order valence-corrected chi connectivity index (χ3v) is 5.92. The van der Waals surface area contributed by atoms with Gasteiger partial charge in [0.2, 0.25) is 11.8 Å². The second-order valence-corrected chi connectivity index (χ2v) is 8.99. The first kappa shape index (κ1) is 19.9. The molecule has 1 aliphatic heterocycles. The molecule has 2 fully saturated rings. The van der Waals surface area contributed by atoms with Crippen LogP contribution in [0.15, 0.2) is 24.3 Å². The van der Waals surface area contributed by atoms with E-state index in [2.05, 4.69) is 31.4 Å². The van der Waals surface area contributed by atoms with Crippen molar-refractivity contribution in [2.75, 3.05) is 23.3 Å². The lowest BCUT2D eigenvalue weighted by Gasteiger charge is -2.40. The van der Waals surface area contributed by atoms with E-state index in [1.54, 1.807) is 4.90 Å². The number of carbonyl (C=O) groups is 2. The molecule has 3 rings (SSSR count). The van der Waals surface area contributed by atoms with Crippen molar-refractivity contribution in [1.82, 2.24) is 5.32 Å².